The second kappa shape index (κ2) is 7.23. The van der Waals surface area contributed by atoms with E-state index in [2.05, 4.69) is 51.1 Å². The summed E-state index contributed by atoms with van der Waals surface area (Å²) < 4.78 is 13.7. The molecule has 6 rings (SSSR count). The summed E-state index contributed by atoms with van der Waals surface area (Å²) in [5.41, 5.74) is 5.89. The van der Waals surface area contributed by atoms with Crippen LogP contribution in [0.3, 0.4) is 0 Å². The summed E-state index contributed by atoms with van der Waals surface area (Å²) in [4.78, 5) is 17.8. The van der Waals surface area contributed by atoms with E-state index in [0.717, 1.165) is 33.8 Å². The highest BCUT2D eigenvalue weighted by Crippen LogP contribution is 2.56. The van der Waals surface area contributed by atoms with E-state index in [9.17, 15) is 0 Å². The van der Waals surface area contributed by atoms with Crippen LogP contribution >= 0.6 is 11.3 Å². The molecule has 0 unspecified atom stereocenters. The van der Waals surface area contributed by atoms with E-state index < -0.39 is 0 Å². The van der Waals surface area contributed by atoms with Gasteiger partial charge in [0.1, 0.15) is 0 Å². The summed E-state index contributed by atoms with van der Waals surface area (Å²) in [6.07, 6.45) is 6.39. The van der Waals surface area contributed by atoms with Crippen molar-refractivity contribution in [3.05, 3.63) is 59.0 Å². The fourth-order valence-corrected chi connectivity index (χ4v) is 5.13. The molecule has 1 fully saturated rings. The third kappa shape index (κ3) is 3.08. The van der Waals surface area contributed by atoms with Gasteiger partial charge in [-0.2, -0.15) is 10.1 Å². The Labute approximate surface area is 187 Å². The van der Waals surface area contributed by atoms with Crippen molar-refractivity contribution in [3.63, 3.8) is 0 Å². The second-order valence-electron chi connectivity index (χ2n) is 7.87. The molecule has 160 valence electrons. The van der Waals surface area contributed by atoms with Crippen LogP contribution in [0.2, 0.25) is 0 Å². The lowest BCUT2D eigenvalue weighted by atomic mass is 10.0. The molecule has 4 heterocycles. The lowest BCUT2D eigenvalue weighted by Crippen LogP contribution is -2.02. The number of aromatic nitrogens is 6. The van der Waals surface area contributed by atoms with Gasteiger partial charge in [-0.3, -0.25) is 0 Å². The smallest absolute Gasteiger partial charge is 0.319 e. The molecule has 0 spiro atoms. The largest absolute Gasteiger partial charge is 0.480 e. The maximum atomic E-state index is 5.48. The molecule has 0 amide bonds. The topological polar surface area (TPSA) is 87.3 Å². The third-order valence-corrected chi connectivity index (χ3v) is 6.86. The van der Waals surface area contributed by atoms with E-state index in [-0.39, 0.29) is 6.01 Å². The van der Waals surface area contributed by atoms with E-state index in [1.807, 2.05) is 10.7 Å². The number of methoxy groups -OCH3 is 2. The number of nitrogens with zero attached hydrogens (tertiary/aromatic N) is 6. The minimum atomic E-state index is 0.254. The van der Waals surface area contributed by atoms with Crippen LogP contribution in [-0.4, -0.2) is 43.8 Å². The average molecular weight is 445 g/mol. The quantitative estimate of drug-likeness (QED) is 0.397. The van der Waals surface area contributed by atoms with Gasteiger partial charge in [-0.15, -0.1) is 11.3 Å². The molecule has 9 heteroatoms. The molecule has 2 atom stereocenters. The molecular formula is C23H20N6O2S. The minimum Gasteiger partial charge on any atom is -0.480 e. The first-order valence-electron chi connectivity index (χ1n) is 10.3. The van der Waals surface area contributed by atoms with Gasteiger partial charge in [0.05, 0.1) is 40.7 Å². The Morgan fingerprint density at radius 2 is 1.97 bits per heavy atom. The zero-order chi connectivity index (χ0) is 21.8. The number of benzene rings is 1. The van der Waals surface area contributed by atoms with Crippen molar-refractivity contribution >= 4 is 27.2 Å². The van der Waals surface area contributed by atoms with E-state index in [1.54, 1.807) is 30.8 Å². The third-order valence-electron chi connectivity index (χ3n) is 5.91. The van der Waals surface area contributed by atoms with Gasteiger partial charge in [-0.05, 0) is 48.9 Å². The molecule has 1 aliphatic rings. The molecule has 4 aromatic heterocycles. The van der Waals surface area contributed by atoms with E-state index >= 15 is 0 Å². The van der Waals surface area contributed by atoms with Crippen LogP contribution in [0, 0.1) is 6.92 Å². The highest BCUT2D eigenvalue weighted by atomic mass is 32.1. The zero-order valence-electron chi connectivity index (χ0n) is 17.8. The number of hydrogen-bond acceptors (Lipinski definition) is 8. The van der Waals surface area contributed by atoms with Crippen molar-refractivity contribution in [1.29, 1.82) is 0 Å². The first kappa shape index (κ1) is 19.1. The number of rotatable bonds is 5. The average Bonchev–Trinajstić information content (AvgIpc) is 3.30. The first-order chi connectivity index (χ1) is 15.6. The summed E-state index contributed by atoms with van der Waals surface area (Å²) in [6.45, 7) is 2.05. The normalized spacial score (nSPS) is 17.7. The molecular weight excluding hydrogens is 424 g/mol. The predicted molar refractivity (Wildman–Crippen MR) is 122 cm³/mol. The Bertz CT molecular complexity index is 1480. The van der Waals surface area contributed by atoms with Crippen molar-refractivity contribution in [1.82, 2.24) is 29.5 Å². The molecule has 0 bridgehead atoms. The molecule has 1 aliphatic carbocycles. The lowest BCUT2D eigenvalue weighted by Gasteiger charge is -2.10. The number of fused-ring (bicyclic) bond motifs is 2. The first-order valence-corrected chi connectivity index (χ1v) is 11.1. The van der Waals surface area contributed by atoms with Crippen LogP contribution in [0.5, 0.6) is 11.9 Å². The molecule has 0 radical (unpaired) electrons. The predicted octanol–water partition coefficient (Wildman–Crippen LogP) is 4.39. The van der Waals surface area contributed by atoms with E-state index in [1.165, 1.54) is 17.4 Å². The maximum absolute atomic E-state index is 5.48. The number of hydrogen-bond donors (Lipinski definition) is 0. The second-order valence-corrected chi connectivity index (χ2v) is 9.10. The molecule has 0 N–H and O–H groups in total. The van der Waals surface area contributed by atoms with Crippen molar-refractivity contribution in [2.24, 2.45) is 0 Å². The van der Waals surface area contributed by atoms with Gasteiger partial charge in [0.25, 0.3) is 0 Å². The molecule has 8 nitrogen and oxygen atoms in total. The van der Waals surface area contributed by atoms with Crippen molar-refractivity contribution in [2.45, 2.75) is 25.2 Å². The van der Waals surface area contributed by atoms with Crippen LogP contribution < -0.4 is 9.47 Å². The summed E-state index contributed by atoms with van der Waals surface area (Å²) in [6, 6.07) is 8.99. The van der Waals surface area contributed by atoms with Crippen LogP contribution in [0.25, 0.3) is 27.1 Å². The Morgan fingerprint density at radius 3 is 2.81 bits per heavy atom. The molecule has 32 heavy (non-hydrogen) atoms. The Morgan fingerprint density at radius 1 is 1.06 bits per heavy atom. The minimum absolute atomic E-state index is 0.254. The fraction of sp³-hybridized carbons (Fsp3) is 0.261. The molecule has 1 aromatic carbocycles. The van der Waals surface area contributed by atoms with Gasteiger partial charge in [0.2, 0.25) is 5.88 Å². The monoisotopic (exact) mass is 444 g/mol. The molecule has 0 saturated heterocycles. The van der Waals surface area contributed by atoms with Gasteiger partial charge >= 0.3 is 6.01 Å². The van der Waals surface area contributed by atoms with Gasteiger partial charge < -0.3 is 9.47 Å². The van der Waals surface area contributed by atoms with Gasteiger partial charge in [0, 0.05) is 24.2 Å². The summed E-state index contributed by atoms with van der Waals surface area (Å²) in [7, 11) is 3.11. The Balaban J connectivity index is 1.41. The van der Waals surface area contributed by atoms with Crippen LogP contribution in [0.1, 0.15) is 34.4 Å². The summed E-state index contributed by atoms with van der Waals surface area (Å²) >= 11 is 1.73. The number of ether oxygens (including phenoxy) is 2. The number of aryl methyl sites for hydroxylation is 1. The number of imidazole rings is 1. The standard InChI is InChI=1S/C23H20N6O2S/c1-12-26-19-8-13(4-5-20(19)32-12)14-9-15(14)16-10-18(28-29-7-6-24-21(16)29)17-11-25-23(31-3)27-22(17)30-2/h4-8,10-11,14-15H,9H2,1-3H3/t14-,15+/m1/s1. The SMILES string of the molecule is COc1ncc(-c2cc([C@H]3C[C@@H]3c3ccc4sc(C)nc4c3)c3nccn3n2)c(OC)n1. The summed E-state index contributed by atoms with van der Waals surface area (Å²) in [5, 5.41) is 5.82. The molecule has 0 aliphatic heterocycles. The van der Waals surface area contributed by atoms with Crippen molar-refractivity contribution < 1.29 is 9.47 Å². The highest BCUT2D eigenvalue weighted by molar-refractivity contribution is 7.18. The van der Waals surface area contributed by atoms with Crippen LogP contribution in [0.4, 0.5) is 0 Å². The fourth-order valence-electron chi connectivity index (χ4n) is 4.32. The molecule has 1 saturated carbocycles. The van der Waals surface area contributed by atoms with Crippen LogP contribution in [0.15, 0.2) is 42.9 Å². The lowest BCUT2D eigenvalue weighted by molar-refractivity contribution is 0.353. The van der Waals surface area contributed by atoms with E-state index in [0.29, 0.717) is 23.3 Å². The van der Waals surface area contributed by atoms with Crippen molar-refractivity contribution in [2.75, 3.05) is 14.2 Å². The maximum Gasteiger partial charge on any atom is 0.319 e. The Kier molecular flexibility index (Phi) is 4.32. The van der Waals surface area contributed by atoms with Gasteiger partial charge in [-0.25, -0.2) is 19.5 Å². The Hall–Kier alpha value is -3.59. The summed E-state index contributed by atoms with van der Waals surface area (Å²) in [5.74, 6) is 1.22. The van der Waals surface area contributed by atoms with Gasteiger partial charge in [-0.1, -0.05) is 6.07 Å². The van der Waals surface area contributed by atoms with E-state index in [4.69, 9.17) is 14.6 Å². The number of thiazole rings is 1. The van der Waals surface area contributed by atoms with Crippen LogP contribution in [-0.2, 0) is 0 Å². The van der Waals surface area contributed by atoms with Crippen molar-refractivity contribution in [3.8, 4) is 23.1 Å². The molecule has 5 aromatic rings. The zero-order valence-corrected chi connectivity index (χ0v) is 18.6. The highest BCUT2D eigenvalue weighted by Gasteiger charge is 2.41. The van der Waals surface area contributed by atoms with Gasteiger partial charge in [0.15, 0.2) is 5.65 Å².